The Morgan fingerprint density at radius 2 is 1.62 bits per heavy atom. The van der Waals surface area contributed by atoms with Gasteiger partial charge in [-0.15, -0.1) is 11.3 Å². The van der Waals surface area contributed by atoms with Gasteiger partial charge in [0, 0.05) is 30.1 Å². The summed E-state index contributed by atoms with van der Waals surface area (Å²) in [5, 5.41) is 5.97. The zero-order valence-electron chi connectivity index (χ0n) is 21.9. The third kappa shape index (κ3) is 6.16. The molecule has 214 valence electrons. The van der Waals surface area contributed by atoms with E-state index >= 15 is 4.39 Å². The molecule has 0 aliphatic carbocycles. The molecule has 3 aromatic carbocycles. The van der Waals surface area contributed by atoms with Crippen LogP contribution in [0.3, 0.4) is 0 Å². The number of hydrogen-bond donors (Lipinski definition) is 2. The Labute approximate surface area is 243 Å². The van der Waals surface area contributed by atoms with Crippen molar-refractivity contribution in [3.05, 3.63) is 107 Å². The Bertz CT molecular complexity index is 1860. The van der Waals surface area contributed by atoms with Gasteiger partial charge in [-0.3, -0.25) is 4.79 Å². The maximum absolute atomic E-state index is 16.0. The zero-order chi connectivity index (χ0) is 29.9. The fourth-order valence-electron chi connectivity index (χ4n) is 4.15. The number of carbonyl (C=O) groups is 1. The standard InChI is InChI=1S/C29H22F3N5O3S2/c1-33-23(38)15-24-37-26(27(41-24)22-13-14-34-29(36-22)35-18-8-3-2-4-9-18)19-10-5-7-17(25(19)32)16-42(39,40)28-20(30)11-6-12-21(28)31/h2-14H,15-16H2,1H3,(H,33,38)(H,34,35,36). The first kappa shape index (κ1) is 28.9. The second kappa shape index (κ2) is 12.1. The topological polar surface area (TPSA) is 114 Å². The highest BCUT2D eigenvalue weighted by molar-refractivity contribution is 7.90. The summed E-state index contributed by atoms with van der Waals surface area (Å²) >= 11 is 1.12. The Morgan fingerprint density at radius 3 is 2.33 bits per heavy atom. The lowest BCUT2D eigenvalue weighted by Crippen LogP contribution is -2.19. The fourth-order valence-corrected chi connectivity index (χ4v) is 6.70. The molecule has 0 aliphatic rings. The molecule has 0 saturated carbocycles. The Kier molecular flexibility index (Phi) is 8.31. The summed E-state index contributed by atoms with van der Waals surface area (Å²) in [6.07, 6.45) is 1.43. The van der Waals surface area contributed by atoms with Gasteiger partial charge in [-0.25, -0.2) is 36.5 Å². The van der Waals surface area contributed by atoms with Crippen LogP contribution < -0.4 is 10.6 Å². The van der Waals surface area contributed by atoms with Crippen LogP contribution in [0.2, 0.25) is 0 Å². The van der Waals surface area contributed by atoms with Crippen molar-refractivity contribution in [1.29, 1.82) is 0 Å². The van der Waals surface area contributed by atoms with Crippen LogP contribution in [0.15, 0.2) is 83.9 Å². The van der Waals surface area contributed by atoms with E-state index in [1.165, 1.54) is 31.4 Å². The summed E-state index contributed by atoms with van der Waals surface area (Å²) in [6, 6.07) is 17.5. The number of carbonyl (C=O) groups excluding carboxylic acids is 1. The van der Waals surface area contributed by atoms with Crippen LogP contribution in [0, 0.1) is 17.5 Å². The van der Waals surface area contributed by atoms with E-state index in [1.807, 2.05) is 30.3 Å². The van der Waals surface area contributed by atoms with Crippen molar-refractivity contribution in [1.82, 2.24) is 20.3 Å². The summed E-state index contributed by atoms with van der Waals surface area (Å²) in [4.78, 5) is 24.7. The average Bonchev–Trinajstić information content (AvgIpc) is 3.38. The molecule has 2 aromatic heterocycles. The van der Waals surface area contributed by atoms with Gasteiger partial charge in [0.25, 0.3) is 0 Å². The first-order valence-electron chi connectivity index (χ1n) is 12.5. The van der Waals surface area contributed by atoms with Crippen molar-refractivity contribution >= 4 is 38.7 Å². The number of sulfone groups is 1. The average molecular weight is 610 g/mol. The summed E-state index contributed by atoms with van der Waals surface area (Å²) in [7, 11) is -3.12. The van der Waals surface area contributed by atoms with E-state index in [2.05, 4.69) is 25.6 Å². The first-order chi connectivity index (χ1) is 20.2. The molecule has 0 spiro atoms. The molecule has 8 nitrogen and oxygen atoms in total. The molecule has 2 heterocycles. The highest BCUT2D eigenvalue weighted by Crippen LogP contribution is 2.39. The van der Waals surface area contributed by atoms with E-state index in [-0.39, 0.29) is 35.1 Å². The lowest BCUT2D eigenvalue weighted by atomic mass is 10.1. The number of likely N-dealkylation sites (N-methyl/N-ethyl adjacent to an activating group) is 1. The number of hydrogen-bond acceptors (Lipinski definition) is 8. The predicted octanol–water partition coefficient (Wildman–Crippen LogP) is 5.69. The quantitative estimate of drug-likeness (QED) is 0.221. The second-order valence-corrected chi connectivity index (χ2v) is 12.0. The highest BCUT2D eigenvalue weighted by atomic mass is 32.2. The minimum absolute atomic E-state index is 0.0673. The Hall–Kier alpha value is -4.62. The van der Waals surface area contributed by atoms with E-state index in [1.54, 1.807) is 6.07 Å². The summed E-state index contributed by atoms with van der Waals surface area (Å²) in [5.74, 6) is -4.52. The largest absolute Gasteiger partial charge is 0.359 e. The fraction of sp³-hybridized carbons (Fsp3) is 0.103. The van der Waals surface area contributed by atoms with Crippen molar-refractivity contribution in [2.24, 2.45) is 0 Å². The first-order valence-corrected chi connectivity index (χ1v) is 14.9. The van der Waals surface area contributed by atoms with Crippen LogP contribution in [0.1, 0.15) is 10.6 Å². The maximum Gasteiger partial charge on any atom is 0.227 e. The molecule has 0 aliphatic heterocycles. The number of para-hydroxylation sites is 1. The molecule has 0 radical (unpaired) electrons. The molecule has 0 atom stereocenters. The summed E-state index contributed by atoms with van der Waals surface area (Å²) in [5.41, 5.74) is 0.867. The highest BCUT2D eigenvalue weighted by Gasteiger charge is 2.27. The maximum atomic E-state index is 16.0. The molecule has 0 unspecified atom stereocenters. The Balaban J connectivity index is 1.57. The van der Waals surface area contributed by atoms with Gasteiger partial charge in [-0.2, -0.15) is 0 Å². The number of anilines is 2. The molecule has 0 bridgehead atoms. The van der Waals surface area contributed by atoms with Gasteiger partial charge >= 0.3 is 0 Å². The third-order valence-electron chi connectivity index (χ3n) is 6.09. The van der Waals surface area contributed by atoms with Crippen LogP contribution >= 0.6 is 11.3 Å². The van der Waals surface area contributed by atoms with Crippen molar-refractivity contribution in [2.45, 2.75) is 17.1 Å². The van der Waals surface area contributed by atoms with E-state index in [0.29, 0.717) is 15.6 Å². The molecule has 5 aromatic rings. The van der Waals surface area contributed by atoms with Gasteiger partial charge < -0.3 is 10.6 Å². The minimum atomic E-state index is -4.60. The number of rotatable bonds is 9. The normalized spacial score (nSPS) is 11.3. The van der Waals surface area contributed by atoms with Gasteiger partial charge in [-0.1, -0.05) is 36.4 Å². The molecule has 42 heavy (non-hydrogen) atoms. The summed E-state index contributed by atoms with van der Waals surface area (Å²) < 4.78 is 70.4. The monoisotopic (exact) mass is 609 g/mol. The summed E-state index contributed by atoms with van der Waals surface area (Å²) in [6.45, 7) is 0. The number of nitrogens with one attached hydrogen (secondary N) is 2. The number of thiazole rings is 1. The van der Waals surface area contributed by atoms with Crippen LogP contribution in [0.4, 0.5) is 24.8 Å². The van der Waals surface area contributed by atoms with Gasteiger partial charge in [0.1, 0.15) is 27.4 Å². The lowest BCUT2D eigenvalue weighted by molar-refractivity contribution is -0.119. The molecule has 2 N–H and O–H groups in total. The lowest BCUT2D eigenvalue weighted by Gasteiger charge is -2.11. The molecule has 0 fully saturated rings. The third-order valence-corrected chi connectivity index (χ3v) is 8.87. The number of halogens is 3. The molecule has 1 amide bonds. The van der Waals surface area contributed by atoms with E-state index in [9.17, 15) is 22.0 Å². The minimum Gasteiger partial charge on any atom is -0.359 e. The van der Waals surface area contributed by atoms with Gasteiger partial charge in [-0.05, 0) is 36.4 Å². The van der Waals surface area contributed by atoms with Crippen molar-refractivity contribution in [3.8, 4) is 21.8 Å². The Morgan fingerprint density at radius 1 is 0.905 bits per heavy atom. The SMILES string of the molecule is CNC(=O)Cc1nc(-c2cccc(CS(=O)(=O)c3c(F)cccc3F)c2F)c(-c2ccnc(Nc3ccccc3)n2)s1. The zero-order valence-corrected chi connectivity index (χ0v) is 23.6. The van der Waals surface area contributed by atoms with Crippen molar-refractivity contribution in [3.63, 3.8) is 0 Å². The van der Waals surface area contributed by atoms with Crippen LogP contribution in [0.25, 0.3) is 21.8 Å². The van der Waals surface area contributed by atoms with Gasteiger partial charge in [0.2, 0.25) is 11.9 Å². The van der Waals surface area contributed by atoms with Crippen molar-refractivity contribution < 1.29 is 26.4 Å². The van der Waals surface area contributed by atoms with Crippen LogP contribution in [0.5, 0.6) is 0 Å². The molecular formula is C29H22F3N5O3S2. The smallest absolute Gasteiger partial charge is 0.227 e. The van der Waals surface area contributed by atoms with Crippen molar-refractivity contribution in [2.75, 3.05) is 12.4 Å². The van der Waals surface area contributed by atoms with Crippen LogP contribution in [-0.2, 0) is 26.8 Å². The predicted molar refractivity (Wildman–Crippen MR) is 153 cm³/mol. The van der Waals surface area contributed by atoms with Gasteiger partial charge in [0.15, 0.2) is 9.84 Å². The number of nitrogens with zero attached hydrogens (tertiary/aromatic N) is 3. The van der Waals surface area contributed by atoms with Gasteiger partial charge in [0.05, 0.1) is 28.4 Å². The van der Waals surface area contributed by atoms with E-state index in [0.717, 1.165) is 35.2 Å². The van der Waals surface area contributed by atoms with Crippen LogP contribution in [-0.4, -0.2) is 36.3 Å². The van der Waals surface area contributed by atoms with E-state index < -0.39 is 37.9 Å². The molecule has 0 saturated heterocycles. The molecule has 5 rings (SSSR count). The molecule has 13 heteroatoms. The molecular weight excluding hydrogens is 587 g/mol. The number of benzene rings is 3. The van der Waals surface area contributed by atoms with E-state index in [4.69, 9.17) is 0 Å². The second-order valence-electron chi connectivity index (χ2n) is 8.98. The number of amides is 1. The number of aromatic nitrogens is 3.